The number of sulfonamides is 1. The van der Waals surface area contributed by atoms with Crippen LogP contribution in [-0.2, 0) is 20.7 Å². The normalized spacial score (nSPS) is 24.2. The predicted molar refractivity (Wildman–Crippen MR) is 90.5 cm³/mol. The minimum atomic E-state index is -3.69. The van der Waals surface area contributed by atoms with E-state index in [-0.39, 0.29) is 16.0 Å². The molecule has 4 heterocycles. The van der Waals surface area contributed by atoms with E-state index in [0.29, 0.717) is 19.0 Å². The third kappa shape index (κ3) is 3.04. The third-order valence-electron chi connectivity index (χ3n) is 5.47. The van der Waals surface area contributed by atoms with Crippen molar-refractivity contribution in [3.63, 3.8) is 0 Å². The second-order valence-corrected chi connectivity index (χ2v) is 9.92. The molecule has 3 saturated heterocycles. The molecule has 144 valence electrons. The fourth-order valence-electron chi connectivity index (χ4n) is 4.06. The second kappa shape index (κ2) is 5.92. The SMILES string of the molecule is Cc1nc(C(C)(F)F)ccc1S(=O)(=O)N1CC2(CN(CC3COC3)C2)C1. The third-order valence-corrected chi connectivity index (χ3v) is 7.40. The summed E-state index contributed by atoms with van der Waals surface area (Å²) >= 11 is 0. The maximum absolute atomic E-state index is 13.4. The van der Waals surface area contributed by atoms with E-state index in [1.165, 1.54) is 17.3 Å². The van der Waals surface area contributed by atoms with E-state index in [0.717, 1.165) is 45.8 Å². The zero-order chi connectivity index (χ0) is 18.7. The van der Waals surface area contributed by atoms with Crippen LogP contribution in [0.4, 0.5) is 8.78 Å². The number of hydrogen-bond donors (Lipinski definition) is 0. The largest absolute Gasteiger partial charge is 0.381 e. The number of ether oxygens (including phenoxy) is 1. The molecule has 0 bridgehead atoms. The first-order valence-corrected chi connectivity index (χ1v) is 10.2. The Bertz CT molecular complexity index is 807. The Morgan fingerprint density at radius 2 is 1.92 bits per heavy atom. The molecule has 6 nitrogen and oxygen atoms in total. The van der Waals surface area contributed by atoms with Crippen molar-refractivity contribution in [3.8, 4) is 0 Å². The average molecular weight is 387 g/mol. The Morgan fingerprint density at radius 1 is 1.27 bits per heavy atom. The van der Waals surface area contributed by atoms with Gasteiger partial charge in [-0.25, -0.2) is 8.42 Å². The molecule has 0 radical (unpaired) electrons. The van der Waals surface area contributed by atoms with Gasteiger partial charge in [-0.3, -0.25) is 4.98 Å². The topological polar surface area (TPSA) is 62.7 Å². The highest BCUT2D eigenvalue weighted by Crippen LogP contribution is 2.43. The van der Waals surface area contributed by atoms with Crippen molar-refractivity contribution in [2.24, 2.45) is 11.3 Å². The molecule has 9 heteroatoms. The van der Waals surface area contributed by atoms with E-state index in [1.807, 2.05) is 0 Å². The quantitative estimate of drug-likeness (QED) is 0.765. The molecule has 0 aliphatic carbocycles. The number of rotatable bonds is 5. The van der Waals surface area contributed by atoms with Crippen LogP contribution in [0.1, 0.15) is 18.3 Å². The summed E-state index contributed by atoms with van der Waals surface area (Å²) in [6.45, 7) is 7.66. The van der Waals surface area contributed by atoms with E-state index in [2.05, 4.69) is 9.88 Å². The van der Waals surface area contributed by atoms with Gasteiger partial charge in [0.05, 0.1) is 18.9 Å². The molecule has 1 aromatic heterocycles. The summed E-state index contributed by atoms with van der Waals surface area (Å²) in [6.07, 6.45) is 0. The van der Waals surface area contributed by atoms with E-state index >= 15 is 0 Å². The lowest BCUT2D eigenvalue weighted by Gasteiger charge is -2.60. The fourth-order valence-corrected chi connectivity index (χ4v) is 5.89. The van der Waals surface area contributed by atoms with Crippen molar-refractivity contribution in [1.29, 1.82) is 0 Å². The second-order valence-electron chi connectivity index (χ2n) is 8.01. The molecule has 3 aliphatic rings. The summed E-state index contributed by atoms with van der Waals surface area (Å²) in [4.78, 5) is 6.17. The molecule has 0 atom stereocenters. The van der Waals surface area contributed by atoms with Gasteiger partial charge in [-0.2, -0.15) is 13.1 Å². The Balaban J connectivity index is 1.40. The molecular weight excluding hydrogens is 364 g/mol. The van der Waals surface area contributed by atoms with Gasteiger partial charge in [-0.15, -0.1) is 0 Å². The van der Waals surface area contributed by atoms with Gasteiger partial charge in [-0.1, -0.05) is 0 Å². The number of aromatic nitrogens is 1. The zero-order valence-corrected chi connectivity index (χ0v) is 15.7. The van der Waals surface area contributed by atoms with Crippen LogP contribution in [-0.4, -0.2) is 68.5 Å². The van der Waals surface area contributed by atoms with Crippen LogP contribution < -0.4 is 0 Å². The van der Waals surface area contributed by atoms with Gasteiger partial charge in [0.1, 0.15) is 10.6 Å². The molecule has 4 rings (SSSR count). The Kier molecular flexibility index (Phi) is 4.15. The number of likely N-dealkylation sites (tertiary alicyclic amines) is 1. The number of hydrogen-bond acceptors (Lipinski definition) is 5. The van der Waals surface area contributed by atoms with E-state index in [4.69, 9.17) is 4.74 Å². The number of alkyl halides is 2. The minimum absolute atomic E-state index is 0.0168. The van der Waals surface area contributed by atoms with Crippen molar-refractivity contribution in [2.45, 2.75) is 24.7 Å². The molecule has 0 saturated carbocycles. The molecule has 0 amide bonds. The molecular formula is C17H23F2N3O3S. The minimum Gasteiger partial charge on any atom is -0.381 e. The number of halogens is 2. The van der Waals surface area contributed by atoms with Crippen molar-refractivity contribution < 1.29 is 21.9 Å². The molecule has 0 aromatic carbocycles. The molecule has 3 aliphatic heterocycles. The lowest BCUT2D eigenvalue weighted by molar-refractivity contribution is -0.115. The molecule has 0 N–H and O–H groups in total. The van der Waals surface area contributed by atoms with Crippen molar-refractivity contribution >= 4 is 10.0 Å². The molecule has 1 aromatic rings. The van der Waals surface area contributed by atoms with Gasteiger partial charge in [0.15, 0.2) is 0 Å². The molecule has 0 unspecified atom stereocenters. The van der Waals surface area contributed by atoms with Crippen LogP contribution in [0.3, 0.4) is 0 Å². The van der Waals surface area contributed by atoms with Gasteiger partial charge in [-0.05, 0) is 19.1 Å². The summed E-state index contributed by atoms with van der Waals surface area (Å²) in [6, 6.07) is 2.35. The lowest BCUT2D eigenvalue weighted by Crippen LogP contribution is -2.73. The van der Waals surface area contributed by atoms with Crippen LogP contribution in [0.25, 0.3) is 0 Å². The fraction of sp³-hybridized carbons (Fsp3) is 0.706. The Morgan fingerprint density at radius 3 is 2.42 bits per heavy atom. The van der Waals surface area contributed by atoms with Gasteiger partial charge < -0.3 is 9.64 Å². The number of nitrogens with zero attached hydrogens (tertiary/aromatic N) is 3. The maximum atomic E-state index is 13.4. The Labute approximate surface area is 152 Å². The summed E-state index contributed by atoms with van der Waals surface area (Å²) < 4.78 is 59.0. The van der Waals surface area contributed by atoms with Crippen molar-refractivity contribution in [1.82, 2.24) is 14.2 Å². The first kappa shape index (κ1) is 18.2. The average Bonchev–Trinajstić information content (AvgIpc) is 2.40. The van der Waals surface area contributed by atoms with E-state index in [9.17, 15) is 17.2 Å². The van der Waals surface area contributed by atoms with Gasteiger partial charge in [0.2, 0.25) is 10.0 Å². The van der Waals surface area contributed by atoms with Crippen molar-refractivity contribution in [2.75, 3.05) is 45.9 Å². The highest BCUT2D eigenvalue weighted by atomic mass is 32.2. The first-order valence-electron chi connectivity index (χ1n) is 8.75. The first-order chi connectivity index (χ1) is 12.1. The maximum Gasteiger partial charge on any atom is 0.286 e. The van der Waals surface area contributed by atoms with Crippen LogP contribution in [0.15, 0.2) is 17.0 Å². The zero-order valence-electron chi connectivity index (χ0n) is 14.9. The standard InChI is InChI=1S/C17H23F2N3O3S/c1-12-14(3-4-15(20-12)16(2,18)19)26(23,24)22-10-17(11-22)8-21(9-17)5-13-6-25-7-13/h3-4,13H,5-11H2,1-2H3. The summed E-state index contributed by atoms with van der Waals surface area (Å²) in [5.74, 6) is -2.48. The van der Waals surface area contributed by atoms with E-state index < -0.39 is 21.6 Å². The number of pyridine rings is 1. The monoisotopic (exact) mass is 387 g/mol. The number of aryl methyl sites for hydroxylation is 1. The van der Waals surface area contributed by atoms with Gasteiger partial charge in [0.25, 0.3) is 5.92 Å². The summed E-state index contributed by atoms with van der Waals surface area (Å²) in [7, 11) is -3.69. The van der Waals surface area contributed by atoms with Crippen LogP contribution in [0.5, 0.6) is 0 Å². The smallest absolute Gasteiger partial charge is 0.286 e. The Hall–Kier alpha value is -1.16. The lowest BCUT2D eigenvalue weighted by atomic mass is 9.74. The van der Waals surface area contributed by atoms with Crippen LogP contribution in [0, 0.1) is 18.3 Å². The molecule has 3 fully saturated rings. The highest BCUT2D eigenvalue weighted by molar-refractivity contribution is 7.89. The van der Waals surface area contributed by atoms with E-state index in [1.54, 1.807) is 0 Å². The molecule has 1 spiro atoms. The van der Waals surface area contributed by atoms with Gasteiger partial charge >= 0.3 is 0 Å². The van der Waals surface area contributed by atoms with Crippen LogP contribution >= 0.6 is 0 Å². The predicted octanol–water partition coefficient (Wildman–Crippen LogP) is 1.45. The molecule has 26 heavy (non-hydrogen) atoms. The van der Waals surface area contributed by atoms with Gasteiger partial charge in [0, 0.05) is 51.0 Å². The summed E-state index contributed by atoms with van der Waals surface area (Å²) in [5, 5.41) is 0. The van der Waals surface area contributed by atoms with Crippen LogP contribution in [0.2, 0.25) is 0 Å². The highest BCUT2D eigenvalue weighted by Gasteiger charge is 2.55. The summed E-state index contributed by atoms with van der Waals surface area (Å²) in [5.41, 5.74) is -0.246. The van der Waals surface area contributed by atoms with Crippen molar-refractivity contribution in [3.05, 3.63) is 23.5 Å².